The number of nitrogens with one attached hydrogen (secondary N) is 2. The highest BCUT2D eigenvalue weighted by Gasteiger charge is 2.00. The van der Waals surface area contributed by atoms with E-state index in [2.05, 4.69) is 20.6 Å². The van der Waals surface area contributed by atoms with Crippen molar-refractivity contribution in [1.82, 2.24) is 15.6 Å². The lowest BCUT2D eigenvalue weighted by molar-refractivity contribution is 0.785. The molecule has 4 nitrogen and oxygen atoms in total. The summed E-state index contributed by atoms with van der Waals surface area (Å²) in [5.41, 5.74) is 1.13. The third-order valence-electron chi connectivity index (χ3n) is 2.82. The zero-order valence-corrected chi connectivity index (χ0v) is 14.8. The van der Waals surface area contributed by atoms with Gasteiger partial charge in [0.15, 0.2) is 5.96 Å². The Labute approximate surface area is 144 Å². The fraction of sp³-hybridized carbons (Fsp3) is 0.333. The summed E-state index contributed by atoms with van der Waals surface area (Å²) in [6.45, 7) is 1.59. The van der Waals surface area contributed by atoms with E-state index in [4.69, 9.17) is 11.6 Å². The van der Waals surface area contributed by atoms with Gasteiger partial charge < -0.3 is 10.6 Å². The summed E-state index contributed by atoms with van der Waals surface area (Å²) in [6, 6.07) is 7.81. The van der Waals surface area contributed by atoms with E-state index in [1.54, 1.807) is 30.1 Å². The standard InChI is InChI=1S/C15H19ClN4S2/c1-17-14(20-11-12-4-2-5-13(16)10-12)18-6-3-8-21-15-19-7-9-22-15/h2,4-5,7,9-10H,3,6,8,11H2,1H3,(H2,17,18,20). The number of thioether (sulfide) groups is 1. The molecule has 2 aromatic rings. The Morgan fingerprint density at radius 3 is 3.05 bits per heavy atom. The maximum Gasteiger partial charge on any atom is 0.191 e. The van der Waals surface area contributed by atoms with Crippen LogP contribution in [0.4, 0.5) is 0 Å². The maximum atomic E-state index is 5.97. The predicted octanol–water partition coefficient (Wildman–Crippen LogP) is 3.64. The van der Waals surface area contributed by atoms with E-state index >= 15 is 0 Å². The van der Waals surface area contributed by atoms with E-state index in [0.717, 1.165) is 39.6 Å². The fourth-order valence-electron chi connectivity index (χ4n) is 1.77. The van der Waals surface area contributed by atoms with Crippen molar-refractivity contribution < 1.29 is 0 Å². The van der Waals surface area contributed by atoms with E-state index in [9.17, 15) is 0 Å². The largest absolute Gasteiger partial charge is 0.356 e. The van der Waals surface area contributed by atoms with Crippen LogP contribution < -0.4 is 10.6 Å². The molecule has 1 aromatic heterocycles. The average molecular weight is 355 g/mol. The van der Waals surface area contributed by atoms with Crippen molar-refractivity contribution in [3.8, 4) is 0 Å². The number of nitrogens with zero attached hydrogens (tertiary/aromatic N) is 2. The topological polar surface area (TPSA) is 49.3 Å². The molecule has 0 radical (unpaired) electrons. The SMILES string of the molecule is CN=C(NCCCSc1nccs1)NCc1cccc(Cl)c1. The quantitative estimate of drug-likeness (QED) is 0.345. The molecule has 2 rings (SSSR count). The highest BCUT2D eigenvalue weighted by molar-refractivity contribution is 8.00. The molecule has 7 heteroatoms. The van der Waals surface area contributed by atoms with E-state index in [1.165, 1.54) is 0 Å². The lowest BCUT2D eigenvalue weighted by atomic mass is 10.2. The zero-order valence-electron chi connectivity index (χ0n) is 12.4. The van der Waals surface area contributed by atoms with Crippen molar-refractivity contribution in [3.05, 3.63) is 46.4 Å². The molecule has 22 heavy (non-hydrogen) atoms. The summed E-state index contributed by atoms with van der Waals surface area (Å²) < 4.78 is 1.13. The minimum atomic E-state index is 0.702. The van der Waals surface area contributed by atoms with E-state index in [-0.39, 0.29) is 0 Å². The van der Waals surface area contributed by atoms with Gasteiger partial charge >= 0.3 is 0 Å². The van der Waals surface area contributed by atoms with Crippen molar-refractivity contribution in [3.63, 3.8) is 0 Å². The minimum absolute atomic E-state index is 0.702. The van der Waals surface area contributed by atoms with Crippen LogP contribution in [-0.2, 0) is 6.54 Å². The van der Waals surface area contributed by atoms with Gasteiger partial charge in [0, 0.05) is 42.5 Å². The number of aliphatic imine (C=N–C) groups is 1. The molecule has 0 amide bonds. The van der Waals surface area contributed by atoms with Crippen molar-refractivity contribution in [2.75, 3.05) is 19.3 Å². The molecule has 0 aliphatic carbocycles. The van der Waals surface area contributed by atoms with Gasteiger partial charge in [0.2, 0.25) is 0 Å². The molecule has 0 unspecified atom stereocenters. The Bertz CT molecular complexity index is 587. The van der Waals surface area contributed by atoms with Gasteiger partial charge in [-0.3, -0.25) is 4.99 Å². The van der Waals surface area contributed by atoms with Crippen LogP contribution in [0, 0.1) is 0 Å². The van der Waals surface area contributed by atoms with Crippen molar-refractivity contribution in [2.45, 2.75) is 17.3 Å². The molecule has 0 bridgehead atoms. The van der Waals surface area contributed by atoms with Crippen molar-refractivity contribution in [1.29, 1.82) is 0 Å². The second-order valence-electron chi connectivity index (χ2n) is 4.48. The predicted molar refractivity (Wildman–Crippen MR) is 97.1 cm³/mol. The summed E-state index contributed by atoms with van der Waals surface area (Å²) >= 11 is 9.45. The Balaban J connectivity index is 1.63. The monoisotopic (exact) mass is 354 g/mol. The summed E-state index contributed by atoms with van der Waals surface area (Å²) in [5, 5.41) is 9.34. The molecule has 0 fully saturated rings. The summed E-state index contributed by atoms with van der Waals surface area (Å²) in [5.74, 6) is 1.85. The number of guanidine groups is 1. The first-order valence-electron chi connectivity index (χ1n) is 6.99. The van der Waals surface area contributed by atoms with Crippen LogP contribution in [0.2, 0.25) is 5.02 Å². The zero-order chi connectivity index (χ0) is 15.6. The van der Waals surface area contributed by atoms with Crippen LogP contribution in [0.1, 0.15) is 12.0 Å². The van der Waals surface area contributed by atoms with E-state index in [0.29, 0.717) is 6.54 Å². The summed E-state index contributed by atoms with van der Waals surface area (Å²) in [6.07, 6.45) is 2.90. The van der Waals surface area contributed by atoms with Crippen LogP contribution >= 0.6 is 34.7 Å². The first-order valence-corrected chi connectivity index (χ1v) is 9.23. The van der Waals surface area contributed by atoms with Crippen LogP contribution in [-0.4, -0.2) is 30.3 Å². The van der Waals surface area contributed by atoms with Crippen molar-refractivity contribution in [2.24, 2.45) is 4.99 Å². The van der Waals surface area contributed by atoms with E-state index < -0.39 is 0 Å². The smallest absolute Gasteiger partial charge is 0.191 e. The van der Waals surface area contributed by atoms with Crippen molar-refractivity contribution >= 4 is 40.7 Å². The van der Waals surface area contributed by atoms with Crippen LogP contribution in [0.25, 0.3) is 0 Å². The van der Waals surface area contributed by atoms with Gasteiger partial charge in [-0.2, -0.15) is 0 Å². The van der Waals surface area contributed by atoms with Gasteiger partial charge in [0.05, 0.1) is 0 Å². The molecular weight excluding hydrogens is 336 g/mol. The number of aromatic nitrogens is 1. The lowest BCUT2D eigenvalue weighted by Gasteiger charge is -2.11. The molecule has 0 saturated carbocycles. The van der Waals surface area contributed by atoms with Gasteiger partial charge in [0.25, 0.3) is 0 Å². The molecule has 0 aliphatic rings. The summed E-state index contributed by atoms with van der Waals surface area (Å²) in [7, 11) is 1.78. The lowest BCUT2D eigenvalue weighted by Crippen LogP contribution is -2.37. The second kappa shape index (κ2) is 9.71. The summed E-state index contributed by atoms with van der Waals surface area (Å²) in [4.78, 5) is 8.47. The molecular formula is C15H19ClN4S2. The molecule has 0 spiro atoms. The highest BCUT2D eigenvalue weighted by Crippen LogP contribution is 2.20. The third-order valence-corrected chi connectivity index (χ3v) is 5.11. The molecule has 1 heterocycles. The fourth-order valence-corrected chi connectivity index (χ4v) is 3.63. The number of halogens is 1. The average Bonchev–Trinajstić information content (AvgIpc) is 3.03. The Kier molecular flexibility index (Phi) is 7.56. The van der Waals surface area contributed by atoms with Gasteiger partial charge in [-0.05, 0) is 24.1 Å². The second-order valence-corrected chi connectivity index (χ2v) is 7.16. The Morgan fingerprint density at radius 2 is 2.32 bits per heavy atom. The van der Waals surface area contributed by atoms with E-state index in [1.807, 2.05) is 35.8 Å². The molecule has 118 valence electrons. The van der Waals surface area contributed by atoms with Gasteiger partial charge in [0.1, 0.15) is 4.34 Å². The number of hydrogen-bond donors (Lipinski definition) is 2. The van der Waals surface area contributed by atoms with Gasteiger partial charge in [-0.15, -0.1) is 11.3 Å². The molecule has 0 saturated heterocycles. The molecule has 0 aliphatic heterocycles. The third kappa shape index (κ3) is 6.25. The maximum absolute atomic E-state index is 5.97. The van der Waals surface area contributed by atoms with Gasteiger partial charge in [-0.25, -0.2) is 4.98 Å². The molecule has 2 N–H and O–H groups in total. The number of hydrogen-bond acceptors (Lipinski definition) is 4. The van der Waals surface area contributed by atoms with Crippen LogP contribution in [0.5, 0.6) is 0 Å². The van der Waals surface area contributed by atoms with Crippen LogP contribution in [0.3, 0.4) is 0 Å². The van der Waals surface area contributed by atoms with Gasteiger partial charge in [-0.1, -0.05) is 35.5 Å². The normalized spacial score (nSPS) is 11.5. The molecule has 1 aromatic carbocycles. The highest BCUT2D eigenvalue weighted by atomic mass is 35.5. The number of rotatable bonds is 7. The first-order chi connectivity index (χ1) is 10.8. The first kappa shape index (κ1) is 17.1. The number of benzene rings is 1. The Morgan fingerprint density at radius 1 is 1.41 bits per heavy atom. The molecule has 0 atom stereocenters. The van der Waals surface area contributed by atoms with Crippen LogP contribution in [0.15, 0.2) is 45.2 Å². The minimum Gasteiger partial charge on any atom is -0.356 e. The Hall–Kier alpha value is -1.24. The number of thiazole rings is 1.